The molecule has 0 bridgehead atoms. The van der Waals surface area contributed by atoms with Crippen molar-refractivity contribution < 1.29 is 8.81 Å². The van der Waals surface area contributed by atoms with Gasteiger partial charge in [-0.2, -0.15) is 0 Å². The van der Waals surface area contributed by atoms with E-state index in [1.165, 1.54) is 12.1 Å². The standard InChI is InChI=1S/C23H24FN5O2/c1-14-12-29-13-20(26-22(29)15(2)25-14)18-11-17-19(24)9-16(10-21(17)31-23(18)30)28-6-4-5-27(3)7-8-28/h9-13H,4-8H2,1-3H3. The van der Waals surface area contributed by atoms with E-state index in [0.29, 0.717) is 11.3 Å². The van der Waals surface area contributed by atoms with Gasteiger partial charge in [-0.3, -0.25) is 4.98 Å². The first-order chi connectivity index (χ1) is 14.9. The Morgan fingerprint density at radius 3 is 2.71 bits per heavy atom. The zero-order valence-corrected chi connectivity index (χ0v) is 17.9. The molecule has 0 atom stereocenters. The quantitative estimate of drug-likeness (QED) is 0.462. The fourth-order valence-corrected chi connectivity index (χ4v) is 4.26. The maximum absolute atomic E-state index is 15.1. The van der Waals surface area contributed by atoms with Gasteiger partial charge < -0.3 is 18.6 Å². The second-order valence-electron chi connectivity index (χ2n) is 8.26. The Bertz CT molecular complexity index is 1360. The molecule has 0 amide bonds. The van der Waals surface area contributed by atoms with Crippen LogP contribution in [0.2, 0.25) is 0 Å². The van der Waals surface area contributed by atoms with E-state index >= 15 is 4.39 Å². The predicted octanol–water partition coefficient (Wildman–Crippen LogP) is 3.40. The Kier molecular flexibility index (Phi) is 4.74. The maximum Gasteiger partial charge on any atom is 0.345 e. The minimum Gasteiger partial charge on any atom is -0.422 e. The Labute approximate surface area is 178 Å². The smallest absolute Gasteiger partial charge is 0.345 e. The van der Waals surface area contributed by atoms with Crippen molar-refractivity contribution in [2.24, 2.45) is 0 Å². The summed E-state index contributed by atoms with van der Waals surface area (Å²) in [6.07, 6.45) is 4.59. The van der Waals surface area contributed by atoms with Gasteiger partial charge in [0, 0.05) is 43.8 Å². The van der Waals surface area contributed by atoms with Crippen LogP contribution in [0.4, 0.5) is 10.1 Å². The van der Waals surface area contributed by atoms with Crippen molar-refractivity contribution in [1.82, 2.24) is 19.3 Å². The number of hydrogen-bond donors (Lipinski definition) is 0. The largest absolute Gasteiger partial charge is 0.422 e. The van der Waals surface area contributed by atoms with Crippen molar-refractivity contribution >= 4 is 22.3 Å². The Morgan fingerprint density at radius 1 is 1.03 bits per heavy atom. The van der Waals surface area contributed by atoms with Crippen LogP contribution in [0.5, 0.6) is 0 Å². The predicted molar refractivity (Wildman–Crippen MR) is 118 cm³/mol. The van der Waals surface area contributed by atoms with Gasteiger partial charge in [-0.15, -0.1) is 0 Å². The summed E-state index contributed by atoms with van der Waals surface area (Å²) < 4.78 is 22.5. The third kappa shape index (κ3) is 3.57. The lowest BCUT2D eigenvalue weighted by molar-refractivity contribution is 0.360. The number of halogens is 1. The Balaban J connectivity index is 1.59. The highest BCUT2D eigenvalue weighted by Gasteiger charge is 2.18. The molecule has 31 heavy (non-hydrogen) atoms. The number of fused-ring (bicyclic) bond motifs is 2. The van der Waals surface area contributed by atoms with Gasteiger partial charge in [-0.1, -0.05) is 0 Å². The molecule has 1 saturated heterocycles. The van der Waals surface area contributed by atoms with Crippen LogP contribution < -0.4 is 10.5 Å². The molecule has 0 aliphatic carbocycles. The molecular weight excluding hydrogens is 397 g/mol. The maximum atomic E-state index is 15.1. The van der Waals surface area contributed by atoms with Crippen LogP contribution in [-0.2, 0) is 0 Å². The SMILES string of the molecule is Cc1cn2cc(-c3cc4c(F)cc(N5CCCN(C)CC5)cc4oc3=O)nc2c(C)n1. The first kappa shape index (κ1) is 19.7. The van der Waals surface area contributed by atoms with Crippen LogP contribution in [0.3, 0.4) is 0 Å². The van der Waals surface area contributed by atoms with Crippen LogP contribution in [0.1, 0.15) is 17.8 Å². The number of aryl methyl sites for hydroxylation is 2. The van der Waals surface area contributed by atoms with Gasteiger partial charge in [0.15, 0.2) is 5.65 Å². The summed E-state index contributed by atoms with van der Waals surface area (Å²) in [5.41, 5.74) is 3.38. The molecule has 0 spiro atoms. The highest BCUT2D eigenvalue weighted by atomic mass is 19.1. The van der Waals surface area contributed by atoms with E-state index in [2.05, 4.69) is 26.8 Å². The van der Waals surface area contributed by atoms with Gasteiger partial charge in [0.25, 0.3) is 0 Å². The zero-order valence-electron chi connectivity index (χ0n) is 17.9. The summed E-state index contributed by atoms with van der Waals surface area (Å²) in [6.45, 7) is 7.32. The third-order valence-corrected chi connectivity index (χ3v) is 5.87. The van der Waals surface area contributed by atoms with Crippen LogP contribution in [-0.4, -0.2) is 52.5 Å². The average Bonchev–Trinajstić information content (AvgIpc) is 3.01. The van der Waals surface area contributed by atoms with Crippen molar-refractivity contribution in [3.63, 3.8) is 0 Å². The number of benzene rings is 1. The molecule has 1 aliphatic heterocycles. The van der Waals surface area contributed by atoms with Gasteiger partial charge in [0.2, 0.25) is 0 Å². The number of likely N-dealkylation sites (N-methyl/N-ethyl adjacent to an activating group) is 1. The number of rotatable bonds is 2. The minimum atomic E-state index is -0.537. The van der Waals surface area contributed by atoms with Gasteiger partial charge in [0.1, 0.15) is 11.4 Å². The normalized spacial score (nSPS) is 15.7. The van der Waals surface area contributed by atoms with Crippen LogP contribution in [0.25, 0.3) is 27.9 Å². The molecule has 4 heterocycles. The highest BCUT2D eigenvalue weighted by molar-refractivity contribution is 5.85. The van der Waals surface area contributed by atoms with E-state index in [9.17, 15) is 4.79 Å². The van der Waals surface area contributed by atoms with Crippen molar-refractivity contribution in [3.05, 3.63) is 58.2 Å². The summed E-state index contributed by atoms with van der Waals surface area (Å²) in [4.78, 5) is 26.1. The van der Waals surface area contributed by atoms with Crippen LogP contribution >= 0.6 is 0 Å². The molecular formula is C23H24FN5O2. The molecule has 7 nitrogen and oxygen atoms in total. The van der Waals surface area contributed by atoms with Gasteiger partial charge in [-0.25, -0.2) is 14.2 Å². The van der Waals surface area contributed by atoms with Crippen molar-refractivity contribution in [3.8, 4) is 11.3 Å². The zero-order chi connectivity index (χ0) is 21.7. The molecule has 4 aromatic rings. The highest BCUT2D eigenvalue weighted by Crippen LogP contribution is 2.28. The molecule has 0 N–H and O–H groups in total. The van der Waals surface area contributed by atoms with E-state index < -0.39 is 11.4 Å². The number of hydrogen-bond acceptors (Lipinski definition) is 6. The lowest BCUT2D eigenvalue weighted by atomic mass is 10.1. The summed E-state index contributed by atoms with van der Waals surface area (Å²) in [5.74, 6) is -0.410. The second kappa shape index (κ2) is 7.46. The number of anilines is 1. The molecule has 1 aromatic carbocycles. The van der Waals surface area contributed by atoms with Crippen LogP contribution in [0, 0.1) is 19.7 Å². The molecule has 0 radical (unpaired) electrons. The molecule has 1 fully saturated rings. The number of nitrogens with zero attached hydrogens (tertiary/aromatic N) is 5. The van der Waals surface area contributed by atoms with Crippen LogP contribution in [0.15, 0.2) is 39.8 Å². The van der Waals surface area contributed by atoms with Crippen molar-refractivity contribution in [2.45, 2.75) is 20.3 Å². The third-order valence-electron chi connectivity index (χ3n) is 5.87. The summed E-state index contributed by atoms with van der Waals surface area (Å²) in [7, 11) is 2.09. The molecule has 160 valence electrons. The molecule has 8 heteroatoms. The fraction of sp³-hybridized carbons (Fsp3) is 0.348. The van der Waals surface area contributed by atoms with Crippen molar-refractivity contribution in [2.75, 3.05) is 38.1 Å². The summed E-state index contributed by atoms with van der Waals surface area (Å²) >= 11 is 0. The van der Waals surface area contributed by atoms with Gasteiger partial charge >= 0.3 is 5.63 Å². The molecule has 0 unspecified atom stereocenters. The average molecular weight is 421 g/mol. The second-order valence-corrected chi connectivity index (χ2v) is 8.26. The minimum absolute atomic E-state index is 0.233. The topological polar surface area (TPSA) is 66.9 Å². The van der Waals surface area contributed by atoms with Gasteiger partial charge in [-0.05, 0) is 46.0 Å². The Morgan fingerprint density at radius 2 is 1.87 bits per heavy atom. The molecule has 0 saturated carbocycles. The first-order valence-electron chi connectivity index (χ1n) is 10.4. The lowest BCUT2D eigenvalue weighted by Gasteiger charge is -2.23. The van der Waals surface area contributed by atoms with Gasteiger partial charge in [0.05, 0.1) is 28.0 Å². The van der Waals surface area contributed by atoms with E-state index in [4.69, 9.17) is 4.42 Å². The monoisotopic (exact) mass is 421 g/mol. The van der Waals surface area contributed by atoms with E-state index in [1.54, 1.807) is 12.3 Å². The number of imidazole rings is 1. The summed E-state index contributed by atoms with van der Waals surface area (Å²) in [5, 5.41) is 0.272. The molecule has 3 aromatic heterocycles. The van der Waals surface area contributed by atoms with E-state index in [-0.39, 0.29) is 16.5 Å². The van der Waals surface area contributed by atoms with E-state index in [0.717, 1.165) is 49.7 Å². The Hall–Kier alpha value is -3.26. The summed E-state index contributed by atoms with van der Waals surface area (Å²) in [6, 6.07) is 4.82. The molecule has 1 aliphatic rings. The molecule has 5 rings (SSSR count). The fourth-order valence-electron chi connectivity index (χ4n) is 4.26. The van der Waals surface area contributed by atoms with Crippen molar-refractivity contribution in [1.29, 1.82) is 0 Å². The first-order valence-corrected chi connectivity index (χ1v) is 10.4. The lowest BCUT2D eigenvalue weighted by Crippen LogP contribution is -2.28. The van der Waals surface area contributed by atoms with E-state index in [1.807, 2.05) is 24.4 Å². The number of aromatic nitrogens is 3.